The van der Waals surface area contributed by atoms with Gasteiger partial charge in [-0.2, -0.15) is 0 Å². The highest BCUT2D eigenvalue weighted by atomic mass is 14.5. The Kier molecular flexibility index (Phi) is 29.5. The van der Waals surface area contributed by atoms with E-state index < -0.39 is 0 Å². The summed E-state index contributed by atoms with van der Waals surface area (Å²) in [6.45, 7) is 34.4. The lowest BCUT2D eigenvalue weighted by molar-refractivity contribution is 0.398. The second-order valence-corrected chi connectivity index (χ2v) is 47.9. The van der Waals surface area contributed by atoms with Crippen LogP contribution in [0.1, 0.15) is 419 Å². The van der Waals surface area contributed by atoms with E-state index in [4.69, 9.17) is 0 Å². The van der Waals surface area contributed by atoms with Crippen LogP contribution in [0, 0.1) is 0 Å². The third-order valence-electron chi connectivity index (χ3n) is 37.1. The molecule has 5 aliphatic carbocycles. The van der Waals surface area contributed by atoms with Gasteiger partial charge < -0.3 is 0 Å². The van der Waals surface area contributed by atoms with Gasteiger partial charge in [-0.3, -0.25) is 0 Å². The molecule has 0 nitrogen and oxygen atoms in total. The molecule has 0 spiro atoms. The maximum Gasteiger partial charge on any atom is 0.0215 e. The van der Waals surface area contributed by atoms with Gasteiger partial charge in [0.15, 0.2) is 0 Å². The number of unbranched alkanes of at least 4 members (excludes halogenated alkanes) is 30. The van der Waals surface area contributed by atoms with Crippen molar-refractivity contribution in [3.05, 3.63) is 321 Å². The molecule has 0 fully saturated rings. The van der Waals surface area contributed by atoms with Crippen molar-refractivity contribution in [2.24, 2.45) is 0 Å². The van der Waals surface area contributed by atoms with Crippen LogP contribution < -0.4 is 0 Å². The molecular formula is C145H166. The average molecular weight is 1910 g/mol. The molecule has 0 aliphatic heterocycles. The predicted octanol–water partition coefficient (Wildman–Crippen LogP) is 43.9. The molecule has 0 aromatic heterocycles. The second kappa shape index (κ2) is 42.7. The first-order chi connectivity index (χ1) is 70.8. The number of hydrogen-bond acceptors (Lipinski definition) is 0. The SMILES string of the molecule is CCCCCCCCc1c(CCCCCCCC)c2cc(-c3cc4c(c5ccccc35)-c3cc5c(cc3C4(C)C)-c3cc4c(cc3C5(CCCCCCCC)CCCCCCCC)-c3c(cc(-c5ccc6c(c5)c(CCCCCCCC)c(CCCCCCCC)c5cc(-c7ccc8c(c7)C(C)(C)c7ccccc7-8)ccc56)c5ccccc35)C4(C)C)ccc2c2ccc(-c3ccc4c(c3)C(C)(C)c3ccccc3-4)cc12. The van der Waals surface area contributed by atoms with Crippen molar-refractivity contribution in [1.29, 1.82) is 0 Å². The van der Waals surface area contributed by atoms with Gasteiger partial charge in [-0.1, -0.05) is 472 Å². The number of hydrogen-bond donors (Lipinski definition) is 0. The van der Waals surface area contributed by atoms with Crippen LogP contribution in [0.3, 0.4) is 0 Å². The molecule has 5 aliphatic rings. The van der Waals surface area contributed by atoms with E-state index in [0.29, 0.717) is 0 Å². The fraction of sp³-hybridized carbons (Fsp3) is 0.421. The van der Waals surface area contributed by atoms with Crippen LogP contribution in [0.4, 0.5) is 0 Å². The molecule has 0 atom stereocenters. The first-order valence-electron chi connectivity index (χ1n) is 58.8. The normalized spacial score (nSPS) is 14.7. The molecule has 0 saturated carbocycles. The molecule has 16 aromatic rings. The zero-order chi connectivity index (χ0) is 99.9. The van der Waals surface area contributed by atoms with Crippen molar-refractivity contribution >= 4 is 64.6 Å². The summed E-state index contributed by atoms with van der Waals surface area (Å²) in [6, 6.07) is 100. The van der Waals surface area contributed by atoms with Gasteiger partial charge in [0.25, 0.3) is 0 Å². The minimum absolute atomic E-state index is 0.0669. The molecule has 0 unspecified atom stereocenters. The van der Waals surface area contributed by atoms with E-state index in [0.717, 1.165) is 25.7 Å². The molecule has 145 heavy (non-hydrogen) atoms. The number of benzene rings is 16. The quantitative estimate of drug-likeness (QED) is 0.0263. The highest BCUT2D eigenvalue weighted by Gasteiger charge is 2.50. The summed E-state index contributed by atoms with van der Waals surface area (Å²) in [7, 11) is 0. The summed E-state index contributed by atoms with van der Waals surface area (Å²) >= 11 is 0. The van der Waals surface area contributed by atoms with Crippen LogP contribution in [0.25, 0.3) is 165 Å². The molecule has 0 saturated heterocycles. The third-order valence-corrected chi connectivity index (χ3v) is 37.1. The summed E-state index contributed by atoms with van der Waals surface area (Å²) in [5.41, 5.74) is 45.7. The lowest BCUT2D eigenvalue weighted by Crippen LogP contribution is -2.26. The largest absolute Gasteiger partial charge is 0.0654 e. The van der Waals surface area contributed by atoms with Crippen molar-refractivity contribution in [3.8, 4) is 100 Å². The Hall–Kier alpha value is -10.9. The number of rotatable bonds is 46. The molecule has 0 heteroatoms. The topological polar surface area (TPSA) is 0 Å². The van der Waals surface area contributed by atoms with Crippen LogP contribution in [0.15, 0.2) is 243 Å². The van der Waals surface area contributed by atoms with E-state index in [1.54, 1.807) is 33.4 Å². The fourth-order valence-corrected chi connectivity index (χ4v) is 28.9. The molecule has 746 valence electrons. The van der Waals surface area contributed by atoms with E-state index in [1.165, 1.54) is 453 Å². The summed E-state index contributed by atoms with van der Waals surface area (Å²) in [6.07, 6.45) is 53.1. The fourth-order valence-electron chi connectivity index (χ4n) is 28.9. The summed E-state index contributed by atoms with van der Waals surface area (Å²) in [5, 5.41) is 17.1. The van der Waals surface area contributed by atoms with Crippen LogP contribution in [-0.2, 0) is 52.8 Å². The van der Waals surface area contributed by atoms with Crippen molar-refractivity contribution in [2.45, 2.75) is 394 Å². The van der Waals surface area contributed by atoms with Crippen LogP contribution in [0.2, 0.25) is 0 Å². The minimum Gasteiger partial charge on any atom is -0.0654 e. The van der Waals surface area contributed by atoms with Crippen LogP contribution >= 0.6 is 0 Å². The molecule has 0 N–H and O–H groups in total. The monoisotopic (exact) mass is 1910 g/mol. The first kappa shape index (κ1) is 100. The van der Waals surface area contributed by atoms with Gasteiger partial charge in [-0.25, -0.2) is 0 Å². The van der Waals surface area contributed by atoms with E-state index >= 15 is 0 Å². The Morgan fingerprint density at radius 3 is 0.731 bits per heavy atom. The van der Waals surface area contributed by atoms with Crippen molar-refractivity contribution in [3.63, 3.8) is 0 Å². The number of fused-ring (bicyclic) bond motifs is 25. The van der Waals surface area contributed by atoms with Crippen LogP contribution in [-0.4, -0.2) is 0 Å². The van der Waals surface area contributed by atoms with Gasteiger partial charge in [-0.15, -0.1) is 0 Å². The lowest BCUT2D eigenvalue weighted by atomic mass is 9.69. The molecule has 16 aromatic carbocycles. The highest BCUT2D eigenvalue weighted by molar-refractivity contribution is 6.18. The summed E-state index contributed by atoms with van der Waals surface area (Å²) in [4.78, 5) is 0. The Morgan fingerprint density at radius 1 is 0.152 bits per heavy atom. The maximum absolute atomic E-state index is 2.87. The minimum atomic E-state index is -0.292. The number of aryl methyl sites for hydroxylation is 4. The van der Waals surface area contributed by atoms with Gasteiger partial charge in [0.1, 0.15) is 0 Å². The molecule has 0 heterocycles. The smallest absolute Gasteiger partial charge is 0.0215 e. The second-order valence-electron chi connectivity index (χ2n) is 47.9. The average Bonchev–Trinajstić information content (AvgIpc) is 1.51. The Balaban J connectivity index is 0.696. The van der Waals surface area contributed by atoms with Gasteiger partial charge >= 0.3 is 0 Å². The zero-order valence-electron chi connectivity index (χ0n) is 91.3. The Labute approximate surface area is 872 Å². The molecule has 0 bridgehead atoms. The van der Waals surface area contributed by atoms with E-state index in [-0.39, 0.29) is 27.1 Å². The summed E-state index contributed by atoms with van der Waals surface area (Å²) < 4.78 is 0. The molecule has 0 amide bonds. The highest BCUT2D eigenvalue weighted by Crippen LogP contribution is 2.65. The van der Waals surface area contributed by atoms with Gasteiger partial charge in [0.2, 0.25) is 0 Å². The van der Waals surface area contributed by atoms with Gasteiger partial charge in [-0.05, 0) is 380 Å². The maximum atomic E-state index is 2.87. The van der Waals surface area contributed by atoms with Crippen molar-refractivity contribution in [2.75, 3.05) is 0 Å². The van der Waals surface area contributed by atoms with E-state index in [9.17, 15) is 0 Å². The van der Waals surface area contributed by atoms with Gasteiger partial charge in [0.05, 0.1) is 0 Å². The standard InChI is InChI=1S/C145H166/c1-15-21-27-33-39-45-59-103-105(61-47-41-35-29-23-17-3)123-87-101(75-79-111(123)109-77-71-97(85-121(103)109)99-73-81-115-113-65-53-55-69-129(113)141(7,8)131(115)89-99)119-91-137-139(117-67-51-49-63-107(117)119)127-95-135-125(93-133(127)143(137,11)12)126-94-134-128(96-136(126)145(135,83-57-43-37-31-25-19-5)84-58-44-38-32-26-20-6)140-118-68-52-50-64-108(118)120(92-138(140)144(134,13)14)102-76-80-112-110-78-72-98(100-74-82-116-114-66-54-56-70-130(114)142(9,10)132(116)90-100)86-122(110)104(60-46-40-34-28-22-16-2)106(124(112)88-102)62-48-42-36-30-24-18-4/h49-56,63-82,85-96H,15-48,57-62,83-84H2,1-14H3. The van der Waals surface area contributed by atoms with Crippen LogP contribution in [0.5, 0.6) is 0 Å². The Bertz CT molecular complexity index is 7070. The van der Waals surface area contributed by atoms with E-state index in [2.05, 4.69) is 340 Å². The summed E-state index contributed by atoms with van der Waals surface area (Å²) in [5.74, 6) is 0. The predicted molar refractivity (Wildman–Crippen MR) is 634 cm³/mol. The first-order valence-corrected chi connectivity index (χ1v) is 58.8. The van der Waals surface area contributed by atoms with E-state index in [1.807, 2.05) is 0 Å². The van der Waals surface area contributed by atoms with Gasteiger partial charge in [0, 0.05) is 27.1 Å². The molecule has 0 radical (unpaired) electrons. The molecule has 21 rings (SSSR count). The Morgan fingerprint density at radius 2 is 0.393 bits per heavy atom. The van der Waals surface area contributed by atoms with Crippen molar-refractivity contribution in [1.82, 2.24) is 0 Å². The third kappa shape index (κ3) is 18.3. The molecular weight excluding hydrogens is 1740 g/mol. The van der Waals surface area contributed by atoms with Crippen molar-refractivity contribution < 1.29 is 0 Å². The lowest BCUT2D eigenvalue weighted by Gasteiger charge is -2.34. The zero-order valence-corrected chi connectivity index (χ0v) is 91.3.